The van der Waals surface area contributed by atoms with Crippen LogP contribution < -0.4 is 10.1 Å². The van der Waals surface area contributed by atoms with Crippen LogP contribution in [-0.4, -0.2) is 38.2 Å². The van der Waals surface area contributed by atoms with Crippen LogP contribution >= 0.6 is 0 Å². The Kier molecular flexibility index (Phi) is 4.61. The largest absolute Gasteiger partial charge is 0.497 e. The normalized spacial score (nSPS) is 23.6. The average Bonchev–Trinajstić information content (AvgIpc) is 2.75. The molecular formula is C15H24N2O. The van der Waals surface area contributed by atoms with Gasteiger partial charge < -0.3 is 15.0 Å². The van der Waals surface area contributed by atoms with E-state index in [1.807, 2.05) is 6.07 Å². The third kappa shape index (κ3) is 3.47. The molecule has 1 aliphatic heterocycles. The van der Waals surface area contributed by atoms with Crippen molar-refractivity contribution >= 4 is 0 Å². The minimum Gasteiger partial charge on any atom is -0.497 e. The molecule has 0 bridgehead atoms. The Labute approximate surface area is 110 Å². The fraction of sp³-hybridized carbons (Fsp3) is 0.600. The van der Waals surface area contributed by atoms with E-state index in [2.05, 4.69) is 42.4 Å². The molecule has 18 heavy (non-hydrogen) atoms. The third-order valence-electron chi connectivity index (χ3n) is 3.79. The molecule has 1 saturated heterocycles. The lowest BCUT2D eigenvalue weighted by atomic mass is 10.0. The molecule has 1 aromatic carbocycles. The predicted octanol–water partition coefficient (Wildman–Crippen LogP) is 2.12. The van der Waals surface area contributed by atoms with Gasteiger partial charge >= 0.3 is 0 Å². The number of hydrogen-bond acceptors (Lipinski definition) is 3. The van der Waals surface area contributed by atoms with Gasteiger partial charge in [0.15, 0.2) is 0 Å². The number of hydrogen-bond donors (Lipinski definition) is 1. The molecule has 0 saturated carbocycles. The highest BCUT2D eigenvalue weighted by Gasteiger charge is 2.23. The number of nitrogens with one attached hydrogen (secondary N) is 1. The Morgan fingerprint density at radius 3 is 2.94 bits per heavy atom. The molecule has 0 spiro atoms. The number of rotatable bonds is 5. The lowest BCUT2D eigenvalue weighted by Crippen LogP contribution is -2.37. The highest BCUT2D eigenvalue weighted by molar-refractivity contribution is 5.28. The molecule has 0 radical (unpaired) electrons. The monoisotopic (exact) mass is 248 g/mol. The summed E-state index contributed by atoms with van der Waals surface area (Å²) in [4.78, 5) is 2.38. The third-order valence-corrected chi connectivity index (χ3v) is 3.79. The minimum absolute atomic E-state index is 0.639. The van der Waals surface area contributed by atoms with Gasteiger partial charge in [0.25, 0.3) is 0 Å². The quantitative estimate of drug-likeness (QED) is 0.864. The van der Waals surface area contributed by atoms with E-state index in [1.54, 1.807) is 7.11 Å². The fourth-order valence-corrected chi connectivity index (χ4v) is 2.63. The Balaban J connectivity index is 1.88. The van der Waals surface area contributed by atoms with Gasteiger partial charge in [0.1, 0.15) is 5.75 Å². The molecule has 1 heterocycles. The maximum Gasteiger partial charge on any atom is 0.119 e. The molecule has 1 aliphatic rings. The fourth-order valence-electron chi connectivity index (χ4n) is 2.63. The van der Waals surface area contributed by atoms with Gasteiger partial charge in [0.05, 0.1) is 7.11 Å². The molecule has 1 aromatic rings. The summed E-state index contributed by atoms with van der Waals surface area (Å²) in [5.74, 6) is 1.73. The molecule has 1 fully saturated rings. The van der Waals surface area contributed by atoms with Crippen molar-refractivity contribution in [3.63, 3.8) is 0 Å². The second kappa shape index (κ2) is 6.21. The number of methoxy groups -OCH3 is 1. The summed E-state index contributed by atoms with van der Waals surface area (Å²) in [7, 11) is 3.90. The SMILES string of the molecule is COc1cccc(CN(C)CC2NCCC2C)c1. The van der Waals surface area contributed by atoms with Crippen LogP contribution in [0.4, 0.5) is 0 Å². The highest BCUT2D eigenvalue weighted by Crippen LogP contribution is 2.17. The van der Waals surface area contributed by atoms with Crippen molar-refractivity contribution in [3.05, 3.63) is 29.8 Å². The Morgan fingerprint density at radius 2 is 2.28 bits per heavy atom. The van der Waals surface area contributed by atoms with Crippen molar-refractivity contribution in [1.29, 1.82) is 0 Å². The van der Waals surface area contributed by atoms with E-state index in [9.17, 15) is 0 Å². The Morgan fingerprint density at radius 1 is 1.44 bits per heavy atom. The van der Waals surface area contributed by atoms with E-state index in [0.717, 1.165) is 24.8 Å². The summed E-state index contributed by atoms with van der Waals surface area (Å²) in [5, 5.41) is 3.58. The van der Waals surface area contributed by atoms with Crippen LogP contribution in [0.3, 0.4) is 0 Å². The smallest absolute Gasteiger partial charge is 0.119 e. The van der Waals surface area contributed by atoms with E-state index in [4.69, 9.17) is 4.74 Å². The Hall–Kier alpha value is -1.06. The first-order chi connectivity index (χ1) is 8.69. The summed E-state index contributed by atoms with van der Waals surface area (Å²) in [5.41, 5.74) is 1.31. The first kappa shape index (κ1) is 13.4. The number of likely N-dealkylation sites (N-methyl/N-ethyl adjacent to an activating group) is 1. The lowest BCUT2D eigenvalue weighted by molar-refractivity contribution is 0.271. The van der Waals surface area contributed by atoms with Gasteiger partial charge in [0.2, 0.25) is 0 Å². The van der Waals surface area contributed by atoms with Crippen LogP contribution in [0.25, 0.3) is 0 Å². The van der Waals surface area contributed by atoms with E-state index < -0.39 is 0 Å². The zero-order valence-corrected chi connectivity index (χ0v) is 11.6. The number of benzene rings is 1. The van der Waals surface area contributed by atoms with Gasteiger partial charge in [-0.2, -0.15) is 0 Å². The zero-order chi connectivity index (χ0) is 13.0. The van der Waals surface area contributed by atoms with Crippen LogP contribution in [-0.2, 0) is 6.54 Å². The maximum atomic E-state index is 5.26. The van der Waals surface area contributed by atoms with Crippen molar-refractivity contribution in [2.45, 2.75) is 25.9 Å². The standard InChI is InChI=1S/C15H24N2O/c1-12-7-8-16-15(12)11-17(2)10-13-5-4-6-14(9-13)18-3/h4-6,9,12,15-16H,7-8,10-11H2,1-3H3. The molecule has 2 atom stereocenters. The van der Waals surface area contributed by atoms with Crippen LogP contribution in [0.15, 0.2) is 24.3 Å². The number of ether oxygens (including phenoxy) is 1. The molecule has 100 valence electrons. The van der Waals surface area contributed by atoms with Gasteiger partial charge in [-0.15, -0.1) is 0 Å². The van der Waals surface area contributed by atoms with Gasteiger partial charge in [0, 0.05) is 19.1 Å². The minimum atomic E-state index is 0.639. The molecule has 0 amide bonds. The van der Waals surface area contributed by atoms with Crippen LogP contribution in [0.1, 0.15) is 18.9 Å². The summed E-state index contributed by atoms with van der Waals surface area (Å²) in [6, 6.07) is 8.95. The zero-order valence-electron chi connectivity index (χ0n) is 11.6. The maximum absolute atomic E-state index is 5.26. The topological polar surface area (TPSA) is 24.5 Å². The summed E-state index contributed by atoms with van der Waals surface area (Å²) < 4.78 is 5.26. The molecule has 1 N–H and O–H groups in total. The molecule has 0 aromatic heterocycles. The van der Waals surface area contributed by atoms with Crippen LogP contribution in [0.5, 0.6) is 5.75 Å². The highest BCUT2D eigenvalue weighted by atomic mass is 16.5. The molecule has 2 rings (SSSR count). The molecule has 2 unspecified atom stereocenters. The van der Waals surface area contributed by atoms with Gasteiger partial charge in [-0.3, -0.25) is 0 Å². The van der Waals surface area contributed by atoms with Crippen molar-refractivity contribution in [1.82, 2.24) is 10.2 Å². The van der Waals surface area contributed by atoms with Crippen molar-refractivity contribution in [2.24, 2.45) is 5.92 Å². The number of nitrogens with zero attached hydrogens (tertiary/aromatic N) is 1. The predicted molar refractivity (Wildman–Crippen MR) is 74.9 cm³/mol. The summed E-state index contributed by atoms with van der Waals surface area (Å²) in [6.07, 6.45) is 1.30. The molecule has 3 heteroatoms. The summed E-state index contributed by atoms with van der Waals surface area (Å²) in [6.45, 7) is 5.59. The van der Waals surface area contributed by atoms with Crippen molar-refractivity contribution in [3.8, 4) is 5.75 Å². The lowest BCUT2D eigenvalue weighted by Gasteiger charge is -2.24. The van der Waals surface area contributed by atoms with Crippen LogP contribution in [0.2, 0.25) is 0 Å². The van der Waals surface area contributed by atoms with Gasteiger partial charge in [-0.05, 0) is 43.6 Å². The molecule has 0 aliphatic carbocycles. The first-order valence-electron chi connectivity index (χ1n) is 6.74. The van der Waals surface area contributed by atoms with Crippen molar-refractivity contribution < 1.29 is 4.74 Å². The second-order valence-electron chi connectivity index (χ2n) is 5.37. The molecule has 3 nitrogen and oxygen atoms in total. The summed E-state index contributed by atoms with van der Waals surface area (Å²) >= 11 is 0. The van der Waals surface area contributed by atoms with E-state index in [-0.39, 0.29) is 0 Å². The second-order valence-corrected chi connectivity index (χ2v) is 5.37. The van der Waals surface area contributed by atoms with Crippen molar-refractivity contribution in [2.75, 3.05) is 27.2 Å². The average molecular weight is 248 g/mol. The van der Waals surface area contributed by atoms with Gasteiger partial charge in [-0.1, -0.05) is 19.1 Å². The van der Waals surface area contributed by atoms with Crippen LogP contribution in [0, 0.1) is 5.92 Å². The van der Waals surface area contributed by atoms with E-state index in [0.29, 0.717) is 6.04 Å². The van der Waals surface area contributed by atoms with Gasteiger partial charge in [-0.25, -0.2) is 0 Å². The Bertz CT molecular complexity index is 381. The first-order valence-corrected chi connectivity index (χ1v) is 6.74. The van der Waals surface area contributed by atoms with E-state index in [1.165, 1.54) is 18.5 Å². The molecular weight excluding hydrogens is 224 g/mol. The van der Waals surface area contributed by atoms with E-state index >= 15 is 0 Å².